The Kier molecular flexibility index (Phi) is 3.61. The molecule has 0 radical (unpaired) electrons. The molecule has 2 aromatic rings. The molecular weight excluding hydrogens is 202 g/mol. The van der Waals surface area contributed by atoms with Crippen molar-refractivity contribution in [3.05, 3.63) is 42.5 Å². The molecule has 1 unspecified atom stereocenters. The molecule has 0 amide bonds. The summed E-state index contributed by atoms with van der Waals surface area (Å²) in [5.74, 6) is 0. The zero-order chi connectivity index (χ0) is 11.2. The van der Waals surface area contributed by atoms with E-state index in [4.69, 9.17) is 0 Å². The Bertz CT molecular complexity index is 398. The van der Waals surface area contributed by atoms with Crippen LogP contribution < -0.4 is 5.32 Å². The number of pyridine rings is 1. The average molecular weight is 217 g/mol. The van der Waals surface area contributed by atoms with Crippen molar-refractivity contribution in [2.24, 2.45) is 0 Å². The van der Waals surface area contributed by atoms with E-state index in [0.717, 1.165) is 18.8 Å². The maximum Gasteiger partial charge on any atom is 0.0692 e. The maximum atomic E-state index is 4.30. The van der Waals surface area contributed by atoms with Crippen molar-refractivity contribution in [1.82, 2.24) is 25.3 Å². The number of nitrogens with one attached hydrogen (secondary N) is 1. The molecule has 2 heterocycles. The second kappa shape index (κ2) is 5.37. The van der Waals surface area contributed by atoms with Crippen molar-refractivity contribution in [3.8, 4) is 0 Å². The van der Waals surface area contributed by atoms with Crippen LogP contribution in [0.25, 0.3) is 0 Å². The van der Waals surface area contributed by atoms with Crippen LogP contribution in [0.4, 0.5) is 0 Å². The first-order valence-corrected chi connectivity index (χ1v) is 5.34. The number of aromatic nitrogens is 4. The third-order valence-electron chi connectivity index (χ3n) is 2.39. The Hall–Kier alpha value is -1.75. The van der Waals surface area contributed by atoms with Crippen LogP contribution in [0.15, 0.2) is 36.8 Å². The summed E-state index contributed by atoms with van der Waals surface area (Å²) in [4.78, 5) is 4.30. The van der Waals surface area contributed by atoms with Crippen LogP contribution in [0.2, 0.25) is 0 Å². The molecule has 1 atom stereocenters. The van der Waals surface area contributed by atoms with Crippen molar-refractivity contribution in [2.45, 2.75) is 19.5 Å². The van der Waals surface area contributed by atoms with Gasteiger partial charge in [0.25, 0.3) is 0 Å². The van der Waals surface area contributed by atoms with Crippen molar-refractivity contribution < 1.29 is 0 Å². The molecule has 0 aliphatic carbocycles. The Labute approximate surface area is 94.5 Å². The highest BCUT2D eigenvalue weighted by molar-refractivity contribution is 5.07. The van der Waals surface area contributed by atoms with Crippen LogP contribution in [-0.4, -0.2) is 26.5 Å². The van der Waals surface area contributed by atoms with E-state index >= 15 is 0 Å². The second-order valence-corrected chi connectivity index (χ2v) is 3.60. The fraction of sp³-hybridized carbons (Fsp3) is 0.364. The molecule has 0 aliphatic heterocycles. The van der Waals surface area contributed by atoms with Gasteiger partial charge in [-0.25, -0.2) is 0 Å². The topological polar surface area (TPSA) is 55.6 Å². The van der Waals surface area contributed by atoms with Gasteiger partial charge in [0.2, 0.25) is 0 Å². The summed E-state index contributed by atoms with van der Waals surface area (Å²) in [7, 11) is 0. The lowest BCUT2D eigenvalue weighted by Crippen LogP contribution is -2.24. The molecule has 0 saturated carbocycles. The lowest BCUT2D eigenvalue weighted by molar-refractivity contribution is 0.493. The fourth-order valence-corrected chi connectivity index (χ4v) is 1.48. The summed E-state index contributed by atoms with van der Waals surface area (Å²) in [6.07, 6.45) is 5.35. The second-order valence-electron chi connectivity index (χ2n) is 3.60. The Morgan fingerprint density at radius 1 is 1.38 bits per heavy atom. The molecule has 84 valence electrons. The lowest BCUT2D eigenvalue weighted by atomic mass is 10.2. The lowest BCUT2D eigenvalue weighted by Gasteiger charge is -2.12. The van der Waals surface area contributed by atoms with Crippen molar-refractivity contribution >= 4 is 0 Å². The molecule has 0 fully saturated rings. The van der Waals surface area contributed by atoms with Crippen LogP contribution in [0.3, 0.4) is 0 Å². The third kappa shape index (κ3) is 2.87. The van der Waals surface area contributed by atoms with Crippen molar-refractivity contribution in [1.29, 1.82) is 0 Å². The number of hydrogen-bond donors (Lipinski definition) is 1. The highest BCUT2D eigenvalue weighted by Gasteiger charge is 2.04. The molecular formula is C11H15N5. The Morgan fingerprint density at radius 3 is 3.00 bits per heavy atom. The minimum absolute atomic E-state index is 0.254. The first-order valence-electron chi connectivity index (χ1n) is 5.34. The summed E-state index contributed by atoms with van der Waals surface area (Å²) in [5.41, 5.74) is 1.06. The highest BCUT2D eigenvalue weighted by Crippen LogP contribution is 2.06. The van der Waals surface area contributed by atoms with Gasteiger partial charge in [-0.15, -0.1) is 5.10 Å². The van der Waals surface area contributed by atoms with Gasteiger partial charge in [0.05, 0.1) is 18.4 Å². The van der Waals surface area contributed by atoms with Crippen LogP contribution in [0.5, 0.6) is 0 Å². The molecule has 5 nitrogen and oxygen atoms in total. The van der Waals surface area contributed by atoms with Gasteiger partial charge < -0.3 is 5.32 Å². The zero-order valence-corrected chi connectivity index (χ0v) is 9.24. The molecule has 0 aliphatic rings. The van der Waals surface area contributed by atoms with E-state index in [2.05, 4.69) is 27.5 Å². The van der Waals surface area contributed by atoms with E-state index in [1.54, 1.807) is 10.9 Å². The summed E-state index contributed by atoms with van der Waals surface area (Å²) in [5, 5.41) is 11.0. The highest BCUT2D eigenvalue weighted by atomic mass is 15.4. The summed E-state index contributed by atoms with van der Waals surface area (Å²) >= 11 is 0. The van der Waals surface area contributed by atoms with E-state index in [-0.39, 0.29) is 6.04 Å². The summed E-state index contributed by atoms with van der Waals surface area (Å²) in [6.45, 7) is 3.77. The van der Waals surface area contributed by atoms with Crippen LogP contribution >= 0.6 is 0 Å². The molecule has 0 bridgehead atoms. The van der Waals surface area contributed by atoms with E-state index in [1.165, 1.54) is 0 Å². The van der Waals surface area contributed by atoms with Gasteiger partial charge in [-0.05, 0) is 19.1 Å². The molecule has 1 N–H and O–H groups in total. The first kappa shape index (κ1) is 10.8. The predicted octanol–water partition coefficient (Wildman–Crippen LogP) is 1.02. The van der Waals surface area contributed by atoms with Gasteiger partial charge >= 0.3 is 0 Å². The first-order chi connectivity index (χ1) is 7.86. The summed E-state index contributed by atoms with van der Waals surface area (Å²) in [6, 6.07) is 6.20. The normalized spacial score (nSPS) is 12.6. The standard InChI is InChI=1S/C11H15N5/c1-10(11-4-2-3-5-13-11)12-6-8-16-9-7-14-15-16/h2-5,7,9-10,12H,6,8H2,1H3. The van der Waals surface area contributed by atoms with Gasteiger partial charge in [-0.2, -0.15) is 0 Å². The van der Waals surface area contributed by atoms with E-state index < -0.39 is 0 Å². The molecule has 5 heteroatoms. The van der Waals surface area contributed by atoms with Gasteiger partial charge in [0.15, 0.2) is 0 Å². The van der Waals surface area contributed by atoms with Crippen LogP contribution in [-0.2, 0) is 6.54 Å². The average Bonchev–Trinajstić information content (AvgIpc) is 2.83. The number of rotatable bonds is 5. The SMILES string of the molecule is CC(NCCn1ccnn1)c1ccccn1. The van der Waals surface area contributed by atoms with Crippen molar-refractivity contribution in [3.63, 3.8) is 0 Å². The number of nitrogens with zero attached hydrogens (tertiary/aromatic N) is 4. The van der Waals surface area contributed by atoms with E-state index in [1.807, 2.05) is 30.6 Å². The summed E-state index contributed by atoms with van der Waals surface area (Å²) < 4.78 is 1.80. The Morgan fingerprint density at radius 2 is 2.31 bits per heavy atom. The van der Waals surface area contributed by atoms with Gasteiger partial charge in [-0.1, -0.05) is 11.3 Å². The Balaban J connectivity index is 1.78. The largest absolute Gasteiger partial charge is 0.307 e. The minimum Gasteiger partial charge on any atom is -0.307 e. The molecule has 2 aromatic heterocycles. The van der Waals surface area contributed by atoms with Crippen LogP contribution in [0, 0.1) is 0 Å². The smallest absolute Gasteiger partial charge is 0.0692 e. The fourth-order valence-electron chi connectivity index (χ4n) is 1.48. The maximum absolute atomic E-state index is 4.30. The minimum atomic E-state index is 0.254. The number of hydrogen-bond acceptors (Lipinski definition) is 4. The van der Waals surface area contributed by atoms with Gasteiger partial charge in [0.1, 0.15) is 0 Å². The monoisotopic (exact) mass is 217 g/mol. The molecule has 0 saturated heterocycles. The van der Waals surface area contributed by atoms with E-state index in [9.17, 15) is 0 Å². The zero-order valence-electron chi connectivity index (χ0n) is 9.24. The molecule has 2 rings (SSSR count). The van der Waals surface area contributed by atoms with E-state index in [0.29, 0.717) is 0 Å². The molecule has 0 spiro atoms. The van der Waals surface area contributed by atoms with Crippen LogP contribution in [0.1, 0.15) is 18.7 Å². The predicted molar refractivity (Wildman–Crippen MR) is 60.7 cm³/mol. The third-order valence-corrected chi connectivity index (χ3v) is 2.39. The van der Waals surface area contributed by atoms with Gasteiger partial charge in [-0.3, -0.25) is 9.67 Å². The quantitative estimate of drug-likeness (QED) is 0.812. The molecule has 0 aromatic carbocycles. The van der Waals surface area contributed by atoms with Crippen molar-refractivity contribution in [2.75, 3.05) is 6.54 Å². The van der Waals surface area contributed by atoms with Gasteiger partial charge in [0, 0.05) is 25.0 Å². The molecule has 16 heavy (non-hydrogen) atoms.